The van der Waals surface area contributed by atoms with E-state index in [0.29, 0.717) is 22.0 Å². The number of hydrogen-bond donors (Lipinski definition) is 2. The minimum Gasteiger partial charge on any atom is -0.366 e. The molecule has 0 saturated heterocycles. The molecule has 0 atom stereocenters. The topological polar surface area (TPSA) is 85.1 Å². The van der Waals surface area contributed by atoms with Crippen molar-refractivity contribution in [2.45, 2.75) is 17.6 Å². The fourth-order valence-corrected chi connectivity index (χ4v) is 4.20. The van der Waals surface area contributed by atoms with Gasteiger partial charge < -0.3 is 11.1 Å². The van der Waals surface area contributed by atoms with Gasteiger partial charge in [-0.3, -0.25) is 9.59 Å². The van der Waals surface area contributed by atoms with Gasteiger partial charge in [-0.05, 0) is 37.3 Å². The molecule has 0 spiro atoms. The van der Waals surface area contributed by atoms with Gasteiger partial charge >= 0.3 is 0 Å². The SMILES string of the molecule is Cc1nc(CSc2ccccc2C(=O)Nc2cc(C(N)=O)ccc2Cl)cs1. The minimum absolute atomic E-state index is 0.274. The monoisotopic (exact) mass is 417 g/mol. The number of rotatable bonds is 6. The van der Waals surface area contributed by atoms with Crippen molar-refractivity contribution in [2.75, 3.05) is 5.32 Å². The van der Waals surface area contributed by atoms with Gasteiger partial charge in [0.15, 0.2) is 0 Å². The van der Waals surface area contributed by atoms with Crippen LogP contribution in [0.5, 0.6) is 0 Å². The van der Waals surface area contributed by atoms with Crippen LogP contribution in [0.15, 0.2) is 52.7 Å². The third kappa shape index (κ3) is 4.88. The average molecular weight is 418 g/mol. The number of aromatic nitrogens is 1. The van der Waals surface area contributed by atoms with E-state index < -0.39 is 5.91 Å². The molecule has 2 aromatic carbocycles. The Hall–Kier alpha value is -2.35. The summed E-state index contributed by atoms with van der Waals surface area (Å²) in [5.41, 5.74) is 7.41. The van der Waals surface area contributed by atoms with Crippen LogP contribution in [0, 0.1) is 6.92 Å². The molecule has 0 fully saturated rings. The van der Waals surface area contributed by atoms with Crippen LogP contribution in [0.1, 0.15) is 31.4 Å². The highest BCUT2D eigenvalue weighted by Gasteiger charge is 2.15. The predicted octanol–water partition coefficient (Wildman–Crippen LogP) is 4.75. The number of benzene rings is 2. The van der Waals surface area contributed by atoms with Crippen LogP contribution >= 0.6 is 34.7 Å². The Bertz CT molecular complexity index is 1000. The van der Waals surface area contributed by atoms with Crippen LogP contribution in [-0.4, -0.2) is 16.8 Å². The Balaban J connectivity index is 1.79. The molecule has 1 heterocycles. The number of aryl methyl sites for hydroxylation is 1. The molecule has 3 N–H and O–H groups in total. The van der Waals surface area contributed by atoms with Gasteiger partial charge in [0.25, 0.3) is 5.91 Å². The molecule has 138 valence electrons. The highest BCUT2D eigenvalue weighted by atomic mass is 35.5. The number of thioether (sulfide) groups is 1. The lowest BCUT2D eigenvalue weighted by Gasteiger charge is -2.11. The van der Waals surface area contributed by atoms with Gasteiger partial charge in [-0.25, -0.2) is 4.98 Å². The number of amides is 2. The fraction of sp³-hybridized carbons (Fsp3) is 0.105. The van der Waals surface area contributed by atoms with E-state index in [1.54, 1.807) is 35.2 Å². The van der Waals surface area contributed by atoms with Crippen LogP contribution in [0.2, 0.25) is 5.02 Å². The Morgan fingerprint density at radius 1 is 1.26 bits per heavy atom. The van der Waals surface area contributed by atoms with Crippen molar-refractivity contribution in [3.8, 4) is 0 Å². The van der Waals surface area contributed by atoms with Crippen molar-refractivity contribution in [3.63, 3.8) is 0 Å². The van der Waals surface area contributed by atoms with E-state index in [4.69, 9.17) is 17.3 Å². The summed E-state index contributed by atoms with van der Waals surface area (Å²) in [4.78, 5) is 29.4. The number of carbonyl (C=O) groups is 2. The number of carbonyl (C=O) groups excluding carboxylic acids is 2. The number of halogens is 1. The minimum atomic E-state index is -0.586. The van der Waals surface area contributed by atoms with E-state index in [9.17, 15) is 9.59 Å². The Kier molecular flexibility index (Phi) is 6.15. The van der Waals surface area contributed by atoms with Crippen LogP contribution in [0.4, 0.5) is 5.69 Å². The molecule has 0 aliphatic rings. The highest BCUT2D eigenvalue weighted by molar-refractivity contribution is 7.98. The molecule has 0 aliphatic heterocycles. The first kappa shape index (κ1) is 19.4. The summed E-state index contributed by atoms with van der Waals surface area (Å²) in [6.07, 6.45) is 0. The lowest BCUT2D eigenvalue weighted by molar-refractivity contribution is 0.0996. The zero-order valence-electron chi connectivity index (χ0n) is 14.4. The number of primary amides is 1. The van der Waals surface area contributed by atoms with Gasteiger partial charge in [-0.2, -0.15) is 0 Å². The third-order valence-electron chi connectivity index (χ3n) is 3.67. The van der Waals surface area contributed by atoms with Gasteiger partial charge in [0, 0.05) is 21.6 Å². The number of nitrogens with zero attached hydrogens (tertiary/aromatic N) is 1. The van der Waals surface area contributed by atoms with Gasteiger partial charge in [0.05, 0.1) is 27.0 Å². The number of thiazole rings is 1. The molecule has 5 nitrogen and oxygen atoms in total. The maximum Gasteiger partial charge on any atom is 0.256 e. The third-order valence-corrected chi connectivity index (χ3v) is 5.93. The number of nitrogens with two attached hydrogens (primary N) is 1. The van der Waals surface area contributed by atoms with Crippen LogP contribution in [0.3, 0.4) is 0 Å². The lowest BCUT2D eigenvalue weighted by atomic mass is 10.1. The summed E-state index contributed by atoms with van der Waals surface area (Å²) in [6.45, 7) is 1.96. The second-order valence-corrected chi connectivity index (χ2v) is 8.14. The van der Waals surface area contributed by atoms with Gasteiger partial charge in [0.1, 0.15) is 0 Å². The highest BCUT2D eigenvalue weighted by Crippen LogP contribution is 2.29. The number of anilines is 1. The first-order valence-electron chi connectivity index (χ1n) is 7.97. The molecule has 0 saturated carbocycles. The van der Waals surface area contributed by atoms with Gasteiger partial charge in [-0.15, -0.1) is 23.1 Å². The lowest BCUT2D eigenvalue weighted by Crippen LogP contribution is -2.15. The van der Waals surface area contributed by atoms with E-state index in [-0.39, 0.29) is 11.5 Å². The molecule has 0 aliphatic carbocycles. The summed E-state index contributed by atoms with van der Waals surface area (Å²) in [7, 11) is 0. The number of hydrogen-bond acceptors (Lipinski definition) is 5. The van der Waals surface area contributed by atoms with Crippen molar-refractivity contribution in [3.05, 3.63) is 74.7 Å². The van der Waals surface area contributed by atoms with Crippen LogP contribution in [0.25, 0.3) is 0 Å². The molecule has 2 amide bonds. The first-order chi connectivity index (χ1) is 12.9. The smallest absolute Gasteiger partial charge is 0.256 e. The van der Waals surface area contributed by atoms with E-state index in [0.717, 1.165) is 15.6 Å². The molecule has 3 rings (SSSR count). The zero-order chi connectivity index (χ0) is 19.4. The van der Waals surface area contributed by atoms with E-state index >= 15 is 0 Å². The molecule has 8 heteroatoms. The van der Waals surface area contributed by atoms with Gasteiger partial charge in [-0.1, -0.05) is 23.7 Å². The normalized spacial score (nSPS) is 10.6. The second kappa shape index (κ2) is 8.56. The van der Waals surface area contributed by atoms with E-state index in [1.807, 2.05) is 24.4 Å². The molecule has 3 aromatic rings. The first-order valence-corrected chi connectivity index (χ1v) is 10.2. The largest absolute Gasteiger partial charge is 0.366 e. The van der Waals surface area contributed by atoms with E-state index in [2.05, 4.69) is 10.3 Å². The molecule has 0 radical (unpaired) electrons. The summed E-state index contributed by atoms with van der Waals surface area (Å²) >= 11 is 9.28. The maximum absolute atomic E-state index is 12.8. The maximum atomic E-state index is 12.8. The molecule has 27 heavy (non-hydrogen) atoms. The molecule has 0 unspecified atom stereocenters. The summed E-state index contributed by atoms with van der Waals surface area (Å²) in [5, 5.41) is 6.12. The Labute approximate surface area is 170 Å². The van der Waals surface area contributed by atoms with Crippen molar-refractivity contribution in [1.82, 2.24) is 4.98 Å². The van der Waals surface area contributed by atoms with Crippen molar-refractivity contribution in [2.24, 2.45) is 5.73 Å². The van der Waals surface area contributed by atoms with Gasteiger partial charge in [0.2, 0.25) is 5.91 Å². The van der Waals surface area contributed by atoms with E-state index in [1.165, 1.54) is 18.2 Å². The molecular formula is C19H16ClN3O2S2. The van der Waals surface area contributed by atoms with Crippen LogP contribution < -0.4 is 11.1 Å². The molecule has 0 bridgehead atoms. The number of nitrogens with one attached hydrogen (secondary N) is 1. The van der Waals surface area contributed by atoms with Crippen molar-refractivity contribution >= 4 is 52.2 Å². The summed E-state index contributed by atoms with van der Waals surface area (Å²) in [5.74, 6) is -0.222. The molecular weight excluding hydrogens is 402 g/mol. The standard InChI is InChI=1S/C19H16ClN3O2S2/c1-11-22-13(9-26-11)10-27-17-5-3-2-4-14(17)19(25)23-16-8-12(18(21)24)6-7-15(16)20/h2-9H,10H2,1H3,(H2,21,24)(H,23,25). The zero-order valence-corrected chi connectivity index (χ0v) is 16.8. The summed E-state index contributed by atoms with van der Waals surface area (Å²) in [6, 6.07) is 11.8. The Morgan fingerprint density at radius 2 is 2.04 bits per heavy atom. The fourth-order valence-electron chi connectivity index (χ4n) is 2.37. The summed E-state index contributed by atoms with van der Waals surface area (Å²) < 4.78 is 0. The quantitative estimate of drug-likeness (QED) is 0.567. The predicted molar refractivity (Wildman–Crippen MR) is 111 cm³/mol. The Morgan fingerprint density at radius 3 is 2.74 bits per heavy atom. The average Bonchev–Trinajstić information content (AvgIpc) is 3.07. The molecule has 1 aromatic heterocycles. The second-order valence-electron chi connectivity index (χ2n) is 5.66. The van der Waals surface area contributed by atoms with Crippen LogP contribution in [-0.2, 0) is 5.75 Å². The van der Waals surface area contributed by atoms with Crippen molar-refractivity contribution < 1.29 is 9.59 Å². The van der Waals surface area contributed by atoms with Crippen molar-refractivity contribution in [1.29, 1.82) is 0 Å².